The van der Waals surface area contributed by atoms with Gasteiger partial charge in [0.25, 0.3) is 15.9 Å². The zero-order chi connectivity index (χ0) is 21.6. The number of nitrogens with one attached hydrogen (secondary N) is 2. The molecule has 0 aliphatic rings. The third kappa shape index (κ3) is 5.18. The van der Waals surface area contributed by atoms with Gasteiger partial charge >= 0.3 is 0 Å². The van der Waals surface area contributed by atoms with Crippen LogP contribution in [0.2, 0.25) is 5.02 Å². The lowest BCUT2D eigenvalue weighted by Gasteiger charge is -2.13. The topological polar surface area (TPSA) is 102 Å². The van der Waals surface area contributed by atoms with Gasteiger partial charge in [-0.25, -0.2) is 13.1 Å². The van der Waals surface area contributed by atoms with Crippen molar-refractivity contribution in [2.75, 3.05) is 25.0 Å². The van der Waals surface area contributed by atoms with E-state index in [0.29, 0.717) is 30.3 Å². The monoisotopic (exact) mass is 448 g/mol. The van der Waals surface area contributed by atoms with Crippen LogP contribution in [-0.2, 0) is 14.8 Å². The molecular formula is C20H21ClN4O4S. The number of carbonyl (C=O) groups is 1. The fourth-order valence-corrected chi connectivity index (χ4v) is 3.88. The molecular weight excluding hydrogens is 428 g/mol. The van der Waals surface area contributed by atoms with Gasteiger partial charge < -0.3 is 10.1 Å². The Morgan fingerprint density at radius 3 is 2.50 bits per heavy atom. The summed E-state index contributed by atoms with van der Waals surface area (Å²) in [5.41, 5.74) is 0.707. The third-order valence-electron chi connectivity index (χ3n) is 4.18. The van der Waals surface area contributed by atoms with Gasteiger partial charge in [-0.1, -0.05) is 29.8 Å². The lowest BCUT2D eigenvalue weighted by Crippen LogP contribution is -2.27. The Labute approximate surface area is 179 Å². The Hall–Kier alpha value is -2.88. The first-order valence-electron chi connectivity index (χ1n) is 9.11. The van der Waals surface area contributed by atoms with Crippen LogP contribution in [-0.4, -0.2) is 44.4 Å². The van der Waals surface area contributed by atoms with E-state index in [2.05, 4.69) is 15.1 Å². The zero-order valence-corrected chi connectivity index (χ0v) is 17.8. The van der Waals surface area contributed by atoms with E-state index in [0.717, 1.165) is 0 Å². The van der Waals surface area contributed by atoms with E-state index in [4.69, 9.17) is 16.3 Å². The van der Waals surface area contributed by atoms with Gasteiger partial charge in [0.1, 0.15) is 5.56 Å². The molecule has 0 saturated carbocycles. The Morgan fingerprint density at radius 2 is 1.83 bits per heavy atom. The number of amides is 1. The van der Waals surface area contributed by atoms with E-state index in [1.807, 2.05) is 6.07 Å². The number of nitrogens with zero attached hydrogens (tertiary/aromatic N) is 2. The van der Waals surface area contributed by atoms with Crippen molar-refractivity contribution in [1.29, 1.82) is 0 Å². The maximum Gasteiger partial charge on any atom is 0.263 e. The van der Waals surface area contributed by atoms with Crippen molar-refractivity contribution in [2.24, 2.45) is 0 Å². The van der Waals surface area contributed by atoms with E-state index in [9.17, 15) is 13.2 Å². The summed E-state index contributed by atoms with van der Waals surface area (Å²) >= 11 is 5.86. The second-order valence-electron chi connectivity index (χ2n) is 6.32. The van der Waals surface area contributed by atoms with Crippen LogP contribution in [0.25, 0.3) is 5.69 Å². The smallest absolute Gasteiger partial charge is 0.263 e. The second kappa shape index (κ2) is 9.75. The van der Waals surface area contributed by atoms with Gasteiger partial charge in [0.2, 0.25) is 0 Å². The van der Waals surface area contributed by atoms with E-state index >= 15 is 0 Å². The van der Waals surface area contributed by atoms with Crippen LogP contribution in [0.3, 0.4) is 0 Å². The van der Waals surface area contributed by atoms with Crippen molar-refractivity contribution in [3.63, 3.8) is 0 Å². The van der Waals surface area contributed by atoms with Crippen molar-refractivity contribution in [3.8, 4) is 5.69 Å². The molecule has 1 heterocycles. The van der Waals surface area contributed by atoms with Crippen molar-refractivity contribution in [3.05, 3.63) is 71.4 Å². The number of para-hydroxylation sites is 1. The highest BCUT2D eigenvalue weighted by molar-refractivity contribution is 7.92. The number of hydrogen-bond acceptors (Lipinski definition) is 5. The summed E-state index contributed by atoms with van der Waals surface area (Å²) in [6.45, 7) is 0.881. The number of methoxy groups -OCH3 is 1. The lowest BCUT2D eigenvalue weighted by atomic mass is 10.3. The van der Waals surface area contributed by atoms with E-state index in [1.165, 1.54) is 35.1 Å². The first-order chi connectivity index (χ1) is 14.4. The summed E-state index contributed by atoms with van der Waals surface area (Å²) in [6.07, 6.45) is 1.96. The fourth-order valence-electron chi connectivity index (χ4n) is 2.69. The van der Waals surface area contributed by atoms with Crippen LogP contribution in [0.4, 0.5) is 5.82 Å². The van der Waals surface area contributed by atoms with Gasteiger partial charge in [0.15, 0.2) is 5.82 Å². The molecule has 0 bridgehead atoms. The van der Waals surface area contributed by atoms with Gasteiger partial charge in [-0.2, -0.15) is 5.10 Å². The Morgan fingerprint density at radius 1 is 1.13 bits per heavy atom. The van der Waals surface area contributed by atoms with Gasteiger partial charge in [-0.05, 0) is 42.8 Å². The summed E-state index contributed by atoms with van der Waals surface area (Å²) in [5.74, 6) is -0.400. The SMILES string of the molecule is COCCCNC(=O)c1cnn(-c2ccccc2)c1NS(=O)(=O)c1ccc(Cl)cc1. The van der Waals surface area contributed by atoms with Crippen molar-refractivity contribution < 1.29 is 17.9 Å². The Balaban J connectivity index is 1.96. The minimum atomic E-state index is -3.99. The predicted molar refractivity (Wildman–Crippen MR) is 115 cm³/mol. The number of sulfonamides is 1. The molecule has 1 amide bonds. The molecule has 0 aliphatic carbocycles. The van der Waals surface area contributed by atoms with Gasteiger partial charge in [-0.15, -0.1) is 0 Å². The molecule has 1 aromatic heterocycles. The molecule has 0 saturated heterocycles. The number of halogens is 1. The maximum absolute atomic E-state index is 12.9. The highest BCUT2D eigenvalue weighted by atomic mass is 35.5. The molecule has 3 aromatic rings. The molecule has 158 valence electrons. The molecule has 8 nitrogen and oxygen atoms in total. The highest BCUT2D eigenvalue weighted by Gasteiger charge is 2.24. The Kier molecular flexibility index (Phi) is 7.09. The largest absolute Gasteiger partial charge is 0.385 e. The number of hydrogen-bond donors (Lipinski definition) is 2. The molecule has 0 unspecified atom stereocenters. The van der Waals surface area contributed by atoms with Crippen LogP contribution in [0, 0.1) is 0 Å². The van der Waals surface area contributed by atoms with Crippen molar-refractivity contribution >= 4 is 33.3 Å². The fraction of sp³-hybridized carbons (Fsp3) is 0.200. The van der Waals surface area contributed by atoms with Crippen LogP contribution >= 0.6 is 11.6 Å². The number of rotatable bonds is 9. The lowest BCUT2D eigenvalue weighted by molar-refractivity contribution is 0.0949. The first-order valence-corrected chi connectivity index (χ1v) is 11.0. The molecule has 0 spiro atoms. The summed E-state index contributed by atoms with van der Waals surface area (Å²) in [4.78, 5) is 12.7. The van der Waals surface area contributed by atoms with Gasteiger partial charge in [0.05, 0.1) is 16.8 Å². The van der Waals surface area contributed by atoms with Crippen molar-refractivity contribution in [2.45, 2.75) is 11.3 Å². The number of anilines is 1. The molecule has 3 rings (SSSR count). The molecule has 0 aliphatic heterocycles. The molecule has 0 atom stereocenters. The number of ether oxygens (including phenoxy) is 1. The average Bonchev–Trinajstić information content (AvgIpc) is 3.15. The van der Waals surface area contributed by atoms with Gasteiger partial charge in [0, 0.05) is 25.3 Å². The predicted octanol–water partition coefficient (Wildman–Crippen LogP) is 3.09. The maximum atomic E-state index is 12.9. The molecule has 10 heteroatoms. The highest BCUT2D eigenvalue weighted by Crippen LogP contribution is 2.24. The summed E-state index contributed by atoms with van der Waals surface area (Å²) < 4.78 is 34.7. The minimum Gasteiger partial charge on any atom is -0.385 e. The first kappa shape index (κ1) is 21.8. The van der Waals surface area contributed by atoms with E-state index < -0.39 is 15.9 Å². The number of carbonyl (C=O) groups excluding carboxylic acids is 1. The molecule has 30 heavy (non-hydrogen) atoms. The van der Waals surface area contributed by atoms with Gasteiger partial charge in [-0.3, -0.25) is 9.52 Å². The van der Waals surface area contributed by atoms with Crippen LogP contribution in [0.5, 0.6) is 0 Å². The van der Waals surface area contributed by atoms with Crippen LogP contribution in [0.1, 0.15) is 16.8 Å². The van der Waals surface area contributed by atoms with Crippen LogP contribution < -0.4 is 10.0 Å². The van der Waals surface area contributed by atoms with Crippen molar-refractivity contribution in [1.82, 2.24) is 15.1 Å². The summed E-state index contributed by atoms with van der Waals surface area (Å²) in [5, 5.41) is 7.39. The quantitative estimate of drug-likeness (QED) is 0.490. The van der Waals surface area contributed by atoms with E-state index in [-0.39, 0.29) is 16.3 Å². The summed E-state index contributed by atoms with van der Waals surface area (Å²) in [7, 11) is -2.41. The second-order valence-corrected chi connectivity index (χ2v) is 8.43. The molecule has 2 N–H and O–H groups in total. The Bertz CT molecular complexity index is 1100. The van der Waals surface area contributed by atoms with E-state index in [1.54, 1.807) is 31.4 Å². The normalized spacial score (nSPS) is 11.3. The molecule has 2 aromatic carbocycles. The number of benzene rings is 2. The minimum absolute atomic E-state index is 0.0131. The number of aromatic nitrogens is 2. The van der Waals surface area contributed by atoms with Crippen LogP contribution in [0.15, 0.2) is 65.7 Å². The summed E-state index contributed by atoms with van der Waals surface area (Å²) in [6, 6.07) is 14.7. The molecule has 0 fully saturated rings. The molecule has 0 radical (unpaired) electrons. The zero-order valence-electron chi connectivity index (χ0n) is 16.2. The third-order valence-corrected chi connectivity index (χ3v) is 5.79. The standard InChI is InChI=1S/C20H21ClN4O4S/c1-29-13-5-12-22-20(26)18-14-23-25(16-6-3-2-4-7-16)19(18)24-30(27,28)17-10-8-15(21)9-11-17/h2-4,6-11,14,24H,5,12-13H2,1H3,(H,22,26). The average molecular weight is 449 g/mol.